The highest BCUT2D eigenvalue weighted by molar-refractivity contribution is 8.00. The number of β-amino-alcohol motifs (C(OH)–C–C–N with tert-alkyl or cyclic N) is 1. The number of benzene rings is 1. The lowest BCUT2D eigenvalue weighted by Crippen LogP contribution is -2.37. The summed E-state index contributed by atoms with van der Waals surface area (Å²) in [6.45, 7) is 1.93. The first-order valence-electron chi connectivity index (χ1n) is 5.49. The quantitative estimate of drug-likeness (QED) is 0.849. The summed E-state index contributed by atoms with van der Waals surface area (Å²) in [7, 11) is 0. The Labute approximate surface area is 104 Å². The van der Waals surface area contributed by atoms with E-state index in [1.807, 2.05) is 18.2 Å². The van der Waals surface area contributed by atoms with E-state index in [1.165, 1.54) is 11.8 Å². The van der Waals surface area contributed by atoms with Crippen LogP contribution in [0.4, 0.5) is 5.69 Å². The topological polar surface area (TPSA) is 60.8 Å². The average Bonchev–Trinajstić information content (AvgIpc) is 2.32. The second-order valence-electron chi connectivity index (χ2n) is 3.96. The molecule has 4 nitrogen and oxygen atoms in total. The van der Waals surface area contributed by atoms with Crippen LogP contribution in [0.5, 0.6) is 0 Å². The molecule has 92 valence electrons. The maximum atomic E-state index is 11.8. The van der Waals surface area contributed by atoms with Crippen molar-refractivity contribution in [2.45, 2.75) is 17.9 Å². The van der Waals surface area contributed by atoms with Crippen LogP contribution in [-0.4, -0.2) is 35.0 Å². The van der Waals surface area contributed by atoms with E-state index in [9.17, 15) is 9.90 Å². The van der Waals surface area contributed by atoms with Gasteiger partial charge in [0.05, 0.1) is 24.2 Å². The highest BCUT2D eigenvalue weighted by Gasteiger charge is 2.24. The van der Waals surface area contributed by atoms with Crippen LogP contribution in [0.15, 0.2) is 23.1 Å². The summed E-state index contributed by atoms with van der Waals surface area (Å²) in [5.74, 6) is 0.403. The van der Waals surface area contributed by atoms with E-state index in [4.69, 9.17) is 5.11 Å². The Hall–Kier alpha value is -1.04. The minimum Gasteiger partial charge on any atom is -0.395 e. The van der Waals surface area contributed by atoms with Crippen LogP contribution in [0.2, 0.25) is 0 Å². The van der Waals surface area contributed by atoms with Gasteiger partial charge in [0.1, 0.15) is 0 Å². The lowest BCUT2D eigenvalue weighted by molar-refractivity contribution is -0.116. The van der Waals surface area contributed by atoms with Gasteiger partial charge in [-0.2, -0.15) is 0 Å². The van der Waals surface area contributed by atoms with Crippen molar-refractivity contribution < 1.29 is 15.0 Å². The molecule has 0 bridgehead atoms. The number of fused-ring (bicyclic) bond motifs is 1. The summed E-state index contributed by atoms with van der Waals surface area (Å²) < 4.78 is 0. The maximum absolute atomic E-state index is 11.8. The van der Waals surface area contributed by atoms with E-state index in [0.29, 0.717) is 12.3 Å². The molecule has 2 N–H and O–H groups in total. The van der Waals surface area contributed by atoms with Crippen molar-refractivity contribution in [2.75, 3.05) is 23.8 Å². The smallest absolute Gasteiger partial charge is 0.237 e. The molecule has 1 aromatic rings. The molecule has 0 spiro atoms. The lowest BCUT2D eigenvalue weighted by atomic mass is 10.1. The summed E-state index contributed by atoms with van der Waals surface area (Å²) in [5.41, 5.74) is 1.57. The van der Waals surface area contributed by atoms with Gasteiger partial charge in [0.15, 0.2) is 0 Å². The molecular formula is C12H15NO3S. The second kappa shape index (κ2) is 5.08. The average molecular weight is 253 g/mol. The number of thioether (sulfide) groups is 1. The number of carbonyl (C=O) groups excluding carboxylic acids is 1. The molecule has 0 aromatic heterocycles. The van der Waals surface area contributed by atoms with E-state index in [1.54, 1.807) is 11.8 Å². The summed E-state index contributed by atoms with van der Waals surface area (Å²) in [4.78, 5) is 14.4. The Balaban J connectivity index is 2.41. The van der Waals surface area contributed by atoms with Crippen molar-refractivity contribution in [2.24, 2.45) is 0 Å². The number of rotatable bonds is 3. The standard InChI is InChI=1S/C12H15NO3S/c1-8(15)9-2-3-11-10(6-9)13(4-5-14)12(16)7-17-11/h2-3,6,8,14-15H,4-5,7H2,1H3. The van der Waals surface area contributed by atoms with E-state index >= 15 is 0 Å². The van der Waals surface area contributed by atoms with Gasteiger partial charge >= 0.3 is 0 Å². The Morgan fingerprint density at radius 3 is 2.94 bits per heavy atom. The van der Waals surface area contributed by atoms with E-state index in [0.717, 1.165) is 16.1 Å². The number of aliphatic hydroxyl groups excluding tert-OH is 2. The summed E-state index contributed by atoms with van der Waals surface area (Å²) in [6, 6.07) is 5.60. The van der Waals surface area contributed by atoms with Crippen LogP contribution >= 0.6 is 11.8 Å². The third kappa shape index (κ3) is 2.46. The van der Waals surface area contributed by atoms with Crippen molar-refractivity contribution in [1.29, 1.82) is 0 Å². The van der Waals surface area contributed by atoms with Gasteiger partial charge in [0, 0.05) is 11.4 Å². The van der Waals surface area contributed by atoms with Crippen molar-refractivity contribution in [3.05, 3.63) is 23.8 Å². The van der Waals surface area contributed by atoms with E-state index in [2.05, 4.69) is 0 Å². The Bertz CT molecular complexity index is 434. The molecule has 1 aliphatic rings. The van der Waals surface area contributed by atoms with Crippen molar-refractivity contribution in [3.63, 3.8) is 0 Å². The van der Waals surface area contributed by atoms with Gasteiger partial charge in [-0.25, -0.2) is 0 Å². The number of anilines is 1. The molecule has 2 rings (SSSR count). The zero-order chi connectivity index (χ0) is 12.4. The van der Waals surface area contributed by atoms with Gasteiger partial charge in [-0.3, -0.25) is 4.79 Å². The van der Waals surface area contributed by atoms with Crippen LogP contribution in [0.1, 0.15) is 18.6 Å². The fourth-order valence-electron chi connectivity index (χ4n) is 1.82. The maximum Gasteiger partial charge on any atom is 0.237 e. The van der Waals surface area contributed by atoms with Gasteiger partial charge in [0.25, 0.3) is 0 Å². The molecular weight excluding hydrogens is 238 g/mol. The highest BCUT2D eigenvalue weighted by atomic mass is 32.2. The Kier molecular flexibility index (Phi) is 3.71. The number of hydrogen-bond acceptors (Lipinski definition) is 4. The Morgan fingerprint density at radius 2 is 2.29 bits per heavy atom. The first kappa shape index (κ1) is 12.4. The third-order valence-electron chi connectivity index (χ3n) is 2.73. The van der Waals surface area contributed by atoms with Gasteiger partial charge in [-0.05, 0) is 24.6 Å². The molecule has 1 heterocycles. The number of hydrogen-bond donors (Lipinski definition) is 2. The molecule has 0 saturated carbocycles. The van der Waals surface area contributed by atoms with Crippen LogP contribution in [0.3, 0.4) is 0 Å². The van der Waals surface area contributed by atoms with Gasteiger partial charge in [0.2, 0.25) is 5.91 Å². The summed E-state index contributed by atoms with van der Waals surface area (Å²) in [5, 5.41) is 18.5. The molecule has 0 fully saturated rings. The van der Waals surface area contributed by atoms with Crippen molar-refractivity contribution in [1.82, 2.24) is 0 Å². The number of carbonyl (C=O) groups is 1. The normalized spacial score (nSPS) is 16.9. The van der Waals surface area contributed by atoms with Crippen LogP contribution in [0.25, 0.3) is 0 Å². The first-order valence-corrected chi connectivity index (χ1v) is 6.48. The van der Waals surface area contributed by atoms with E-state index in [-0.39, 0.29) is 12.5 Å². The van der Waals surface area contributed by atoms with Crippen molar-refractivity contribution >= 4 is 23.4 Å². The molecule has 0 aliphatic carbocycles. The minimum atomic E-state index is -0.557. The zero-order valence-corrected chi connectivity index (χ0v) is 10.4. The summed E-state index contributed by atoms with van der Waals surface area (Å²) in [6.07, 6.45) is -0.557. The molecule has 0 radical (unpaired) electrons. The van der Waals surface area contributed by atoms with E-state index < -0.39 is 6.10 Å². The third-order valence-corrected chi connectivity index (χ3v) is 3.78. The van der Waals surface area contributed by atoms with Crippen LogP contribution < -0.4 is 4.90 Å². The largest absolute Gasteiger partial charge is 0.395 e. The molecule has 1 unspecified atom stereocenters. The van der Waals surface area contributed by atoms with Crippen LogP contribution in [0, 0.1) is 0 Å². The fraction of sp³-hybridized carbons (Fsp3) is 0.417. The number of aliphatic hydroxyl groups is 2. The molecule has 1 aromatic carbocycles. The minimum absolute atomic E-state index is 0.000655. The first-order chi connectivity index (χ1) is 8.13. The molecule has 1 aliphatic heterocycles. The molecule has 0 saturated heterocycles. The van der Waals surface area contributed by atoms with Crippen LogP contribution in [-0.2, 0) is 4.79 Å². The molecule has 17 heavy (non-hydrogen) atoms. The SMILES string of the molecule is CC(O)c1ccc2c(c1)N(CCO)C(=O)CS2. The fourth-order valence-corrected chi connectivity index (χ4v) is 2.74. The molecule has 5 heteroatoms. The Morgan fingerprint density at radius 1 is 1.53 bits per heavy atom. The van der Waals surface area contributed by atoms with Crippen molar-refractivity contribution in [3.8, 4) is 0 Å². The zero-order valence-electron chi connectivity index (χ0n) is 9.59. The summed E-state index contributed by atoms with van der Waals surface area (Å²) >= 11 is 1.49. The molecule has 1 atom stereocenters. The number of nitrogens with zero attached hydrogens (tertiary/aromatic N) is 1. The molecule has 1 amide bonds. The monoisotopic (exact) mass is 253 g/mol. The van der Waals surface area contributed by atoms with Gasteiger partial charge in [-0.1, -0.05) is 6.07 Å². The number of amides is 1. The predicted octanol–water partition coefficient (Wildman–Crippen LogP) is 1.17. The highest BCUT2D eigenvalue weighted by Crippen LogP contribution is 2.36. The van der Waals surface area contributed by atoms with Gasteiger partial charge in [-0.15, -0.1) is 11.8 Å². The lowest BCUT2D eigenvalue weighted by Gasteiger charge is -2.29. The predicted molar refractivity (Wildman–Crippen MR) is 67.2 cm³/mol. The van der Waals surface area contributed by atoms with Gasteiger partial charge < -0.3 is 15.1 Å². The second-order valence-corrected chi connectivity index (χ2v) is 4.98.